The minimum atomic E-state index is -0.547. The van der Waals surface area contributed by atoms with Crippen LogP contribution in [0.5, 0.6) is 11.5 Å². The van der Waals surface area contributed by atoms with Crippen LogP contribution in [0.1, 0.15) is 29.1 Å². The summed E-state index contributed by atoms with van der Waals surface area (Å²) in [7, 11) is 1.61. The summed E-state index contributed by atoms with van der Waals surface area (Å²) in [4.78, 5) is 0.995. The van der Waals surface area contributed by atoms with Crippen LogP contribution < -0.4 is 9.47 Å². The molecule has 1 aliphatic rings. The van der Waals surface area contributed by atoms with E-state index >= 15 is 0 Å². The number of aliphatic hydroxyl groups excluding tert-OH is 1. The molecule has 0 radical (unpaired) electrons. The van der Waals surface area contributed by atoms with E-state index in [0.717, 1.165) is 14.9 Å². The maximum Gasteiger partial charge on any atom is 0.136 e. The smallest absolute Gasteiger partial charge is 0.136 e. The van der Waals surface area contributed by atoms with Gasteiger partial charge < -0.3 is 14.6 Å². The van der Waals surface area contributed by atoms with Gasteiger partial charge in [0.15, 0.2) is 0 Å². The van der Waals surface area contributed by atoms with E-state index in [0.29, 0.717) is 22.3 Å². The van der Waals surface area contributed by atoms with Crippen LogP contribution in [0.3, 0.4) is 0 Å². The number of ether oxygens (including phenoxy) is 2. The molecular formula is C14H12BrClO3S. The van der Waals surface area contributed by atoms with E-state index in [1.54, 1.807) is 13.2 Å². The van der Waals surface area contributed by atoms with Gasteiger partial charge in [-0.1, -0.05) is 11.6 Å². The van der Waals surface area contributed by atoms with Crippen molar-refractivity contribution in [2.24, 2.45) is 0 Å². The normalized spacial score (nSPS) is 21.2. The molecule has 0 saturated carbocycles. The molecule has 0 bridgehead atoms. The van der Waals surface area contributed by atoms with Crippen LogP contribution in [0.25, 0.3) is 0 Å². The second-order valence-corrected chi connectivity index (χ2v) is 7.07. The van der Waals surface area contributed by atoms with Crippen LogP contribution in [0.4, 0.5) is 0 Å². The number of thiophene rings is 1. The van der Waals surface area contributed by atoms with Gasteiger partial charge in [0.1, 0.15) is 21.9 Å². The number of hydrogen-bond acceptors (Lipinski definition) is 4. The maximum atomic E-state index is 10.3. The SMILES string of the molecule is COc1ccc2c(c1)OC(c1cc(Br)c(Cl)s1)C[C@H]2O. The zero-order valence-electron chi connectivity index (χ0n) is 10.6. The van der Waals surface area contributed by atoms with Crippen LogP contribution in [-0.4, -0.2) is 12.2 Å². The van der Waals surface area contributed by atoms with Crippen molar-refractivity contribution >= 4 is 38.9 Å². The molecule has 2 atom stereocenters. The number of methoxy groups -OCH3 is 1. The summed E-state index contributed by atoms with van der Waals surface area (Å²) < 4.78 is 12.7. The van der Waals surface area contributed by atoms with Crippen LogP contribution in [0.2, 0.25) is 4.34 Å². The first-order valence-corrected chi connectivity index (χ1v) is 8.04. The van der Waals surface area contributed by atoms with Gasteiger partial charge in [-0.05, 0) is 34.1 Å². The lowest BCUT2D eigenvalue weighted by atomic mass is 9.98. The number of halogens is 2. The summed E-state index contributed by atoms with van der Waals surface area (Å²) in [5, 5.41) is 10.3. The third kappa shape index (κ3) is 2.55. The number of hydrogen-bond donors (Lipinski definition) is 1. The summed E-state index contributed by atoms with van der Waals surface area (Å²) in [6.07, 6.45) is -0.226. The largest absolute Gasteiger partial charge is 0.497 e. The molecule has 3 nitrogen and oxygen atoms in total. The predicted octanol–water partition coefficient (Wildman–Crippen LogP) is 4.73. The Balaban J connectivity index is 1.94. The molecule has 0 spiro atoms. The average molecular weight is 376 g/mol. The average Bonchev–Trinajstić information content (AvgIpc) is 2.78. The Hall–Kier alpha value is -0.750. The second-order valence-electron chi connectivity index (χ2n) is 4.53. The van der Waals surface area contributed by atoms with Gasteiger partial charge in [0, 0.05) is 27.4 Å². The van der Waals surface area contributed by atoms with Crippen molar-refractivity contribution in [3.63, 3.8) is 0 Å². The van der Waals surface area contributed by atoms with Gasteiger partial charge in [0.25, 0.3) is 0 Å². The lowest BCUT2D eigenvalue weighted by molar-refractivity contribution is 0.0671. The summed E-state index contributed by atoms with van der Waals surface area (Å²) in [6, 6.07) is 7.40. The predicted molar refractivity (Wildman–Crippen MR) is 83.0 cm³/mol. The Morgan fingerprint density at radius 1 is 1.45 bits per heavy atom. The maximum absolute atomic E-state index is 10.3. The zero-order valence-corrected chi connectivity index (χ0v) is 13.8. The van der Waals surface area contributed by atoms with E-state index in [4.69, 9.17) is 21.1 Å². The van der Waals surface area contributed by atoms with Crippen molar-refractivity contribution < 1.29 is 14.6 Å². The van der Waals surface area contributed by atoms with Gasteiger partial charge in [0.2, 0.25) is 0 Å². The topological polar surface area (TPSA) is 38.7 Å². The Bertz CT molecular complexity index is 624. The standard InChI is InChI=1S/C14H12BrClO3S/c1-18-7-2-3-8-10(17)6-12(19-11(8)4-7)13-5-9(15)14(16)20-13/h2-5,10,12,17H,6H2,1H3/t10-,12?/m1/s1. The molecule has 6 heteroatoms. The molecule has 20 heavy (non-hydrogen) atoms. The van der Waals surface area contributed by atoms with Crippen LogP contribution in [-0.2, 0) is 0 Å². The first-order valence-electron chi connectivity index (χ1n) is 6.06. The molecule has 2 heterocycles. The Morgan fingerprint density at radius 3 is 2.90 bits per heavy atom. The van der Waals surface area contributed by atoms with Crippen LogP contribution >= 0.6 is 38.9 Å². The fraction of sp³-hybridized carbons (Fsp3) is 0.286. The van der Waals surface area contributed by atoms with Crippen molar-refractivity contribution in [3.8, 4) is 11.5 Å². The van der Waals surface area contributed by atoms with E-state index in [1.165, 1.54) is 11.3 Å². The van der Waals surface area contributed by atoms with Crippen molar-refractivity contribution in [1.82, 2.24) is 0 Å². The monoisotopic (exact) mass is 374 g/mol. The van der Waals surface area contributed by atoms with Crippen molar-refractivity contribution in [2.75, 3.05) is 7.11 Å². The third-order valence-electron chi connectivity index (χ3n) is 3.27. The summed E-state index contributed by atoms with van der Waals surface area (Å²) in [6.45, 7) is 0. The molecule has 106 valence electrons. The molecule has 1 aromatic carbocycles. The quantitative estimate of drug-likeness (QED) is 0.824. The van der Waals surface area contributed by atoms with Crippen molar-refractivity contribution in [2.45, 2.75) is 18.6 Å². The highest BCUT2D eigenvalue weighted by molar-refractivity contribution is 9.10. The van der Waals surface area contributed by atoms with Gasteiger partial charge in [-0.2, -0.15) is 0 Å². The lowest BCUT2D eigenvalue weighted by Gasteiger charge is -2.29. The summed E-state index contributed by atoms with van der Waals surface area (Å²) in [5.74, 6) is 1.37. The number of fused-ring (bicyclic) bond motifs is 1. The fourth-order valence-electron chi connectivity index (χ4n) is 2.25. The Kier molecular flexibility index (Phi) is 3.95. The summed E-state index contributed by atoms with van der Waals surface area (Å²) in [5.41, 5.74) is 0.795. The molecule has 3 rings (SSSR count). The Labute approximate surface area is 134 Å². The van der Waals surface area contributed by atoms with E-state index in [1.807, 2.05) is 18.2 Å². The highest BCUT2D eigenvalue weighted by atomic mass is 79.9. The highest BCUT2D eigenvalue weighted by Crippen LogP contribution is 2.45. The van der Waals surface area contributed by atoms with E-state index in [2.05, 4.69) is 15.9 Å². The number of benzene rings is 1. The first kappa shape index (κ1) is 14.2. The van der Waals surface area contributed by atoms with Crippen LogP contribution in [0.15, 0.2) is 28.7 Å². The molecule has 1 unspecified atom stereocenters. The molecule has 0 aliphatic carbocycles. The van der Waals surface area contributed by atoms with E-state index in [9.17, 15) is 5.11 Å². The molecule has 1 aromatic heterocycles. The van der Waals surface area contributed by atoms with Crippen LogP contribution in [0, 0.1) is 0 Å². The van der Waals surface area contributed by atoms with Crippen molar-refractivity contribution in [1.29, 1.82) is 0 Å². The van der Waals surface area contributed by atoms with E-state index in [-0.39, 0.29) is 6.10 Å². The first-order chi connectivity index (χ1) is 9.58. The Morgan fingerprint density at radius 2 is 2.25 bits per heavy atom. The molecule has 0 amide bonds. The van der Waals surface area contributed by atoms with E-state index < -0.39 is 6.10 Å². The highest BCUT2D eigenvalue weighted by Gasteiger charge is 2.29. The minimum Gasteiger partial charge on any atom is -0.497 e. The molecule has 0 fully saturated rings. The second kappa shape index (κ2) is 5.56. The fourth-order valence-corrected chi connectivity index (χ4v) is 4.03. The lowest BCUT2D eigenvalue weighted by Crippen LogP contribution is -2.18. The molecular weight excluding hydrogens is 364 g/mol. The van der Waals surface area contributed by atoms with Crippen molar-refractivity contribution in [3.05, 3.63) is 43.5 Å². The molecule has 0 saturated heterocycles. The molecule has 2 aromatic rings. The van der Waals surface area contributed by atoms with Gasteiger partial charge in [-0.25, -0.2) is 0 Å². The van der Waals surface area contributed by atoms with Gasteiger partial charge in [0.05, 0.1) is 13.2 Å². The number of aliphatic hydroxyl groups is 1. The van der Waals surface area contributed by atoms with Gasteiger partial charge >= 0.3 is 0 Å². The number of rotatable bonds is 2. The minimum absolute atomic E-state index is 0.196. The molecule has 1 N–H and O–H groups in total. The zero-order chi connectivity index (χ0) is 14.3. The summed E-state index contributed by atoms with van der Waals surface area (Å²) >= 11 is 10.9. The van der Waals surface area contributed by atoms with Gasteiger partial charge in [-0.15, -0.1) is 11.3 Å². The third-order valence-corrected chi connectivity index (χ3v) is 5.83. The molecule has 1 aliphatic heterocycles. The van der Waals surface area contributed by atoms with Gasteiger partial charge in [-0.3, -0.25) is 0 Å².